The first-order chi connectivity index (χ1) is 7.66. The van der Waals surface area contributed by atoms with Crippen molar-refractivity contribution in [3.05, 3.63) is 57.1 Å². The van der Waals surface area contributed by atoms with Crippen LogP contribution < -0.4 is 11.3 Å². The molecule has 0 radical (unpaired) electrons. The Morgan fingerprint density at radius 3 is 2.62 bits per heavy atom. The Kier molecular flexibility index (Phi) is 2.87. The van der Waals surface area contributed by atoms with Crippen LogP contribution in [0.25, 0.3) is 0 Å². The van der Waals surface area contributed by atoms with Crippen LogP contribution in [0, 0.1) is 4.77 Å². The van der Waals surface area contributed by atoms with Crippen LogP contribution in [0.1, 0.15) is 5.56 Å². The molecule has 16 heavy (non-hydrogen) atoms. The van der Waals surface area contributed by atoms with Gasteiger partial charge in [0.2, 0.25) is 0 Å². The third kappa shape index (κ3) is 2.20. The number of H-pyrrole nitrogens is 1. The summed E-state index contributed by atoms with van der Waals surface area (Å²) in [5, 5.41) is 0. The SMILES string of the molecule is Nc1cc(=O)[nH][13c](=S)n1Cc1ccccc1. The molecule has 2 aromatic rings. The highest BCUT2D eigenvalue weighted by Gasteiger charge is 2.00. The molecule has 0 saturated carbocycles. The van der Waals surface area contributed by atoms with Gasteiger partial charge in [-0.05, 0) is 17.8 Å². The lowest BCUT2D eigenvalue weighted by Gasteiger charge is -2.09. The maximum atomic E-state index is 11.1. The summed E-state index contributed by atoms with van der Waals surface area (Å²) in [4.78, 5) is 13.6. The second-order valence-electron chi connectivity index (χ2n) is 3.44. The number of nitrogen functional groups attached to an aromatic ring is 1. The van der Waals surface area contributed by atoms with Crippen LogP contribution in [-0.4, -0.2) is 9.55 Å². The molecule has 0 aliphatic carbocycles. The molecule has 0 spiro atoms. The number of nitrogens with two attached hydrogens (primary N) is 1. The molecule has 3 N–H and O–H groups in total. The van der Waals surface area contributed by atoms with E-state index in [2.05, 4.69) is 4.98 Å². The van der Waals surface area contributed by atoms with Crippen LogP contribution in [0.2, 0.25) is 0 Å². The molecule has 0 aliphatic heterocycles. The van der Waals surface area contributed by atoms with Crippen LogP contribution in [-0.2, 0) is 6.54 Å². The molecule has 82 valence electrons. The van der Waals surface area contributed by atoms with Crippen LogP contribution >= 0.6 is 12.2 Å². The molecule has 0 saturated heterocycles. The van der Waals surface area contributed by atoms with Crippen LogP contribution in [0.5, 0.6) is 0 Å². The largest absolute Gasteiger partial charge is 0.385 e. The lowest BCUT2D eigenvalue weighted by atomic mass is 10.2. The van der Waals surface area contributed by atoms with Gasteiger partial charge in [-0.25, -0.2) is 0 Å². The first kappa shape index (κ1) is 10.6. The van der Waals surface area contributed by atoms with Crippen molar-refractivity contribution >= 4 is 18.0 Å². The Balaban J connectivity index is 2.43. The third-order valence-corrected chi connectivity index (χ3v) is 2.57. The van der Waals surface area contributed by atoms with Gasteiger partial charge >= 0.3 is 0 Å². The van der Waals surface area contributed by atoms with E-state index < -0.39 is 0 Å². The molecule has 4 nitrogen and oxygen atoms in total. The fourth-order valence-corrected chi connectivity index (χ4v) is 1.74. The van der Waals surface area contributed by atoms with Gasteiger partial charge < -0.3 is 10.3 Å². The van der Waals surface area contributed by atoms with Crippen LogP contribution in [0.3, 0.4) is 0 Å². The quantitative estimate of drug-likeness (QED) is 0.775. The van der Waals surface area contributed by atoms with Crippen molar-refractivity contribution in [2.75, 3.05) is 5.73 Å². The van der Waals surface area contributed by atoms with Gasteiger partial charge in [0.25, 0.3) is 5.56 Å². The summed E-state index contributed by atoms with van der Waals surface area (Å²) in [6.07, 6.45) is 0. The van der Waals surface area contributed by atoms with Gasteiger partial charge in [-0.2, -0.15) is 0 Å². The molecule has 0 unspecified atom stereocenters. The highest BCUT2D eigenvalue weighted by Crippen LogP contribution is 2.06. The van der Waals surface area contributed by atoms with Gasteiger partial charge in [0, 0.05) is 6.07 Å². The number of aromatic nitrogens is 2. The summed E-state index contributed by atoms with van der Waals surface area (Å²) >= 11 is 5.05. The Labute approximate surface area is 97.4 Å². The highest BCUT2D eigenvalue weighted by molar-refractivity contribution is 7.71. The topological polar surface area (TPSA) is 63.8 Å². The maximum absolute atomic E-state index is 11.1. The molecule has 0 atom stereocenters. The Morgan fingerprint density at radius 2 is 2.00 bits per heavy atom. The Hall–Kier alpha value is -1.88. The third-order valence-electron chi connectivity index (χ3n) is 2.25. The number of hydrogen-bond acceptors (Lipinski definition) is 3. The fraction of sp³-hybridized carbons (Fsp3) is 0.0909. The summed E-state index contributed by atoms with van der Waals surface area (Å²) in [6, 6.07) is 11.1. The Bertz CT molecular complexity index is 601. The van der Waals surface area contributed by atoms with Crippen molar-refractivity contribution in [3.63, 3.8) is 0 Å². The number of anilines is 1. The lowest BCUT2D eigenvalue weighted by molar-refractivity contribution is 0.757. The van der Waals surface area contributed by atoms with E-state index in [4.69, 9.17) is 18.0 Å². The zero-order valence-electron chi connectivity index (χ0n) is 8.51. The minimum atomic E-state index is -0.271. The molecule has 2 rings (SSSR count). The van der Waals surface area contributed by atoms with Crippen molar-refractivity contribution < 1.29 is 0 Å². The number of benzene rings is 1. The van der Waals surface area contributed by atoms with Crippen molar-refractivity contribution in [1.29, 1.82) is 0 Å². The van der Waals surface area contributed by atoms with E-state index in [0.29, 0.717) is 17.1 Å². The van der Waals surface area contributed by atoms with E-state index in [1.165, 1.54) is 6.07 Å². The standard InChI is InChI=1S/C11H11N3OS/c12-9-6-10(15)13-11(16)14(9)7-8-4-2-1-3-5-8/h1-6H,7,12H2,(H,13,15,16)/i11+1. The van der Waals surface area contributed by atoms with Gasteiger partial charge in [-0.1, -0.05) is 30.3 Å². The molecule has 5 heteroatoms. The van der Waals surface area contributed by atoms with Crippen molar-refractivity contribution in [1.82, 2.24) is 9.55 Å². The predicted octanol–water partition coefficient (Wildman–Crippen LogP) is 1.54. The summed E-state index contributed by atoms with van der Waals surface area (Å²) in [5.41, 5.74) is 6.56. The van der Waals surface area contributed by atoms with E-state index >= 15 is 0 Å². The summed E-state index contributed by atoms with van der Waals surface area (Å²) in [7, 11) is 0. The van der Waals surface area contributed by atoms with Gasteiger partial charge in [0.1, 0.15) is 5.82 Å². The summed E-state index contributed by atoms with van der Waals surface area (Å²) in [5.74, 6) is 0.373. The van der Waals surface area contributed by atoms with E-state index in [-0.39, 0.29) is 5.56 Å². The highest BCUT2D eigenvalue weighted by atomic mass is 32.1. The zero-order chi connectivity index (χ0) is 11.5. The fourth-order valence-electron chi connectivity index (χ4n) is 1.47. The Morgan fingerprint density at radius 1 is 1.31 bits per heavy atom. The smallest absolute Gasteiger partial charge is 0.253 e. The van der Waals surface area contributed by atoms with Gasteiger partial charge in [0.05, 0.1) is 6.54 Å². The molecule has 1 heterocycles. The van der Waals surface area contributed by atoms with Gasteiger partial charge in [-0.3, -0.25) is 9.78 Å². The second kappa shape index (κ2) is 4.32. The van der Waals surface area contributed by atoms with E-state index in [0.717, 1.165) is 5.56 Å². The molecule has 1 aromatic heterocycles. The van der Waals surface area contributed by atoms with E-state index in [1.807, 2.05) is 30.3 Å². The molecule has 0 aliphatic rings. The molecular formula is C11H11N3OS. The van der Waals surface area contributed by atoms with E-state index in [9.17, 15) is 4.79 Å². The van der Waals surface area contributed by atoms with Crippen LogP contribution in [0.15, 0.2) is 41.2 Å². The van der Waals surface area contributed by atoms with Crippen LogP contribution in [0.4, 0.5) is 5.82 Å². The summed E-state index contributed by atoms with van der Waals surface area (Å²) in [6.45, 7) is 0.558. The van der Waals surface area contributed by atoms with Crippen molar-refractivity contribution in [3.8, 4) is 0 Å². The summed E-state index contributed by atoms with van der Waals surface area (Å²) < 4.78 is 2.03. The maximum Gasteiger partial charge on any atom is 0.253 e. The van der Waals surface area contributed by atoms with Gasteiger partial charge in [-0.15, -0.1) is 0 Å². The van der Waals surface area contributed by atoms with Crippen molar-refractivity contribution in [2.24, 2.45) is 0 Å². The number of hydrogen-bond donors (Lipinski definition) is 2. The molecular weight excluding hydrogens is 223 g/mol. The predicted molar refractivity (Wildman–Crippen MR) is 65.8 cm³/mol. The molecule has 0 fully saturated rings. The number of aromatic amines is 1. The molecule has 1 aromatic carbocycles. The average molecular weight is 234 g/mol. The molecule has 0 bridgehead atoms. The zero-order valence-corrected chi connectivity index (χ0v) is 9.33. The van der Waals surface area contributed by atoms with Crippen molar-refractivity contribution in [2.45, 2.75) is 6.54 Å². The molecule has 0 amide bonds. The first-order valence-electron chi connectivity index (χ1n) is 4.80. The number of nitrogens with one attached hydrogen (secondary N) is 1. The average Bonchev–Trinajstić information content (AvgIpc) is 2.25. The monoisotopic (exact) mass is 234 g/mol. The number of nitrogens with zero attached hydrogens (tertiary/aromatic N) is 1. The number of rotatable bonds is 2. The minimum absolute atomic E-state index is 0.271. The second-order valence-corrected chi connectivity index (χ2v) is 3.82. The van der Waals surface area contributed by atoms with E-state index in [1.54, 1.807) is 4.57 Å². The van der Waals surface area contributed by atoms with Gasteiger partial charge in [0.15, 0.2) is 4.77 Å². The normalized spacial score (nSPS) is 10.2. The lowest BCUT2D eigenvalue weighted by Crippen LogP contribution is -2.16. The first-order valence-corrected chi connectivity index (χ1v) is 5.21. The minimum Gasteiger partial charge on any atom is -0.385 e.